The van der Waals surface area contributed by atoms with Crippen LogP contribution >= 0.6 is 0 Å². The Morgan fingerprint density at radius 3 is 2.29 bits per heavy atom. The molecule has 7 atom stereocenters. The third kappa shape index (κ3) is 3.07. The van der Waals surface area contributed by atoms with Crippen molar-refractivity contribution in [1.82, 2.24) is 0 Å². The minimum atomic E-state index is 0. The van der Waals surface area contributed by atoms with Gasteiger partial charge in [0.15, 0.2) is 0 Å². The number of hydrogen-bond acceptors (Lipinski definition) is 0. The van der Waals surface area contributed by atoms with Crippen LogP contribution < -0.4 is 0 Å². The summed E-state index contributed by atoms with van der Waals surface area (Å²) in [6.45, 7) is 14.7. The Balaban J connectivity index is 0.00000161. The summed E-state index contributed by atoms with van der Waals surface area (Å²) >= 11 is 0. The van der Waals surface area contributed by atoms with Crippen molar-refractivity contribution in [2.24, 2.45) is 40.4 Å². The molecular weight excluding hydrogens is 329 g/mol. The number of fused-ring (bicyclic) bond motifs is 1. The second-order valence-electron chi connectivity index (χ2n) is 8.99. The summed E-state index contributed by atoms with van der Waals surface area (Å²) in [4.78, 5) is 0. The predicted molar refractivity (Wildman–Crippen MR) is 87.0 cm³/mol. The largest absolute Gasteiger partial charge is 0.340 e. The molecule has 0 aromatic rings. The van der Waals surface area contributed by atoms with Crippen LogP contribution in [0.3, 0.4) is 0 Å². The molecule has 3 aliphatic carbocycles. The Hall–Kier alpha value is 1.10. The Morgan fingerprint density at radius 1 is 0.952 bits per heavy atom. The molecule has 119 valence electrons. The zero-order chi connectivity index (χ0) is 14.5. The van der Waals surface area contributed by atoms with Gasteiger partial charge in [-0.25, -0.2) is 0 Å². The number of rotatable bonds is 1. The van der Waals surface area contributed by atoms with Gasteiger partial charge in [0.05, 0.1) is 0 Å². The monoisotopic (exact) mass is 363 g/mol. The van der Waals surface area contributed by atoms with E-state index in [0.29, 0.717) is 16.7 Å². The third-order valence-corrected chi connectivity index (χ3v) is 7.92. The molecule has 0 nitrogen and oxygen atoms in total. The van der Waals surface area contributed by atoms with Gasteiger partial charge in [0.2, 0.25) is 0 Å². The van der Waals surface area contributed by atoms with Gasteiger partial charge in [0.1, 0.15) is 0 Å². The van der Waals surface area contributed by atoms with Gasteiger partial charge in [-0.15, -0.1) is 0 Å². The van der Waals surface area contributed by atoms with Crippen molar-refractivity contribution >= 4 is 0 Å². The fourth-order valence-electron chi connectivity index (χ4n) is 5.95. The van der Waals surface area contributed by atoms with E-state index in [9.17, 15) is 0 Å². The van der Waals surface area contributed by atoms with Crippen LogP contribution in [-0.4, -0.2) is 0 Å². The van der Waals surface area contributed by atoms with E-state index in [1.165, 1.54) is 44.9 Å². The first-order chi connectivity index (χ1) is 9.37. The quantitative estimate of drug-likeness (QED) is 0.507. The molecule has 0 spiro atoms. The average molecular weight is 363 g/mol. The molecule has 0 saturated heterocycles. The SMILES string of the molecule is [CH2-]C1C(C2(C)[CH-]CC(C)CC2)CCC2(C)C(C)CCC12.[Y]. The van der Waals surface area contributed by atoms with E-state index in [4.69, 9.17) is 6.92 Å². The molecule has 0 aromatic heterocycles. The van der Waals surface area contributed by atoms with E-state index < -0.39 is 0 Å². The topological polar surface area (TPSA) is 0 Å². The van der Waals surface area contributed by atoms with Gasteiger partial charge in [-0.1, -0.05) is 71.1 Å². The van der Waals surface area contributed by atoms with E-state index in [0.717, 1.165) is 23.7 Å². The van der Waals surface area contributed by atoms with Crippen molar-refractivity contribution in [3.63, 3.8) is 0 Å². The van der Waals surface area contributed by atoms with Crippen LogP contribution in [0.2, 0.25) is 0 Å². The molecule has 0 aliphatic heterocycles. The number of hydrogen-bond donors (Lipinski definition) is 0. The van der Waals surface area contributed by atoms with Crippen LogP contribution in [0.25, 0.3) is 0 Å². The average Bonchev–Trinajstić information content (AvgIpc) is 2.71. The molecule has 0 aromatic carbocycles. The third-order valence-electron chi connectivity index (χ3n) is 7.92. The van der Waals surface area contributed by atoms with Gasteiger partial charge >= 0.3 is 0 Å². The maximum atomic E-state index is 4.72. The summed E-state index contributed by atoms with van der Waals surface area (Å²) < 4.78 is 0. The van der Waals surface area contributed by atoms with Crippen molar-refractivity contribution < 1.29 is 32.7 Å². The first-order valence-corrected chi connectivity index (χ1v) is 9.04. The Labute approximate surface area is 158 Å². The molecule has 0 N–H and O–H groups in total. The van der Waals surface area contributed by atoms with Crippen LogP contribution in [0.15, 0.2) is 0 Å². The maximum Gasteiger partial charge on any atom is 0 e. The minimum Gasteiger partial charge on any atom is -0.340 e. The van der Waals surface area contributed by atoms with Crippen molar-refractivity contribution in [3.05, 3.63) is 13.3 Å². The molecular formula is C20H34Y-2. The Bertz CT molecular complexity index is 355. The minimum absolute atomic E-state index is 0. The van der Waals surface area contributed by atoms with E-state index in [2.05, 4.69) is 34.1 Å². The summed E-state index contributed by atoms with van der Waals surface area (Å²) in [7, 11) is 0. The second kappa shape index (κ2) is 6.54. The Kier molecular flexibility index (Phi) is 5.75. The summed E-state index contributed by atoms with van der Waals surface area (Å²) in [5, 5.41) is 0. The predicted octanol–water partition coefficient (Wildman–Crippen LogP) is 5.93. The maximum absolute atomic E-state index is 4.72. The van der Waals surface area contributed by atoms with Crippen LogP contribution in [0.1, 0.15) is 72.6 Å². The molecule has 0 heterocycles. The first-order valence-electron chi connectivity index (χ1n) is 9.04. The molecule has 3 aliphatic rings. The molecule has 1 radical (unpaired) electrons. The van der Waals surface area contributed by atoms with Crippen molar-refractivity contribution in [3.8, 4) is 0 Å². The second-order valence-corrected chi connectivity index (χ2v) is 8.99. The van der Waals surface area contributed by atoms with Crippen molar-refractivity contribution in [2.75, 3.05) is 0 Å². The first kappa shape index (κ1) is 18.4. The molecule has 0 bridgehead atoms. The summed E-state index contributed by atoms with van der Waals surface area (Å²) in [6.07, 6.45) is 12.6. The molecule has 3 fully saturated rings. The van der Waals surface area contributed by atoms with Gasteiger partial charge in [0.25, 0.3) is 0 Å². The molecule has 3 saturated carbocycles. The van der Waals surface area contributed by atoms with Crippen molar-refractivity contribution in [1.29, 1.82) is 0 Å². The zero-order valence-electron chi connectivity index (χ0n) is 14.7. The summed E-state index contributed by atoms with van der Waals surface area (Å²) in [6, 6.07) is 0. The Morgan fingerprint density at radius 2 is 1.67 bits per heavy atom. The van der Waals surface area contributed by atoms with Crippen LogP contribution in [0.5, 0.6) is 0 Å². The smallest absolute Gasteiger partial charge is 0 e. The van der Waals surface area contributed by atoms with Crippen molar-refractivity contribution in [2.45, 2.75) is 72.6 Å². The van der Waals surface area contributed by atoms with Crippen LogP contribution in [0.4, 0.5) is 0 Å². The fraction of sp³-hybridized carbons (Fsp3) is 0.900. The van der Waals surface area contributed by atoms with Gasteiger partial charge in [0, 0.05) is 32.7 Å². The van der Waals surface area contributed by atoms with Gasteiger partial charge in [-0.3, -0.25) is 0 Å². The van der Waals surface area contributed by atoms with E-state index in [-0.39, 0.29) is 32.7 Å². The molecule has 21 heavy (non-hydrogen) atoms. The van der Waals surface area contributed by atoms with E-state index in [1.54, 1.807) is 0 Å². The summed E-state index contributed by atoms with van der Waals surface area (Å²) in [5.41, 5.74) is 1.08. The molecule has 3 rings (SSSR count). The molecule has 7 unspecified atom stereocenters. The van der Waals surface area contributed by atoms with Crippen LogP contribution in [0, 0.1) is 53.8 Å². The van der Waals surface area contributed by atoms with E-state index in [1.807, 2.05) is 0 Å². The normalized spacial score (nSPS) is 53.9. The molecule has 0 amide bonds. The van der Waals surface area contributed by atoms with Crippen LogP contribution in [-0.2, 0) is 32.7 Å². The zero-order valence-corrected chi connectivity index (χ0v) is 17.5. The fourth-order valence-corrected chi connectivity index (χ4v) is 5.95. The van der Waals surface area contributed by atoms with E-state index >= 15 is 0 Å². The van der Waals surface area contributed by atoms with Gasteiger partial charge < -0.3 is 13.3 Å². The summed E-state index contributed by atoms with van der Waals surface area (Å²) in [5.74, 6) is 4.25. The van der Waals surface area contributed by atoms with Gasteiger partial charge in [-0.05, 0) is 24.2 Å². The molecule has 1 heteroatoms. The van der Waals surface area contributed by atoms with Gasteiger partial charge in [-0.2, -0.15) is 17.8 Å². The standard InChI is InChI=1S/C20H34.Y/c1-14-8-11-19(4,12-9-14)17-10-13-20(5)15(2)6-7-18(20)16(17)3;/h11,14-18H,3,6-10,12-13H2,1-2,4-5H3;/q-2;.